The zero-order chi connectivity index (χ0) is 28.8. The fourth-order valence-corrected chi connectivity index (χ4v) is 5.22. The number of aromatic nitrogens is 4. The Bertz CT molecular complexity index is 1530. The summed E-state index contributed by atoms with van der Waals surface area (Å²) >= 11 is 0. The van der Waals surface area contributed by atoms with E-state index in [1.807, 2.05) is 35.2 Å². The maximum absolute atomic E-state index is 12.7. The molecule has 2 aromatic heterocycles. The molecular weight excluding hydrogens is 526 g/mol. The van der Waals surface area contributed by atoms with Crippen LogP contribution in [-0.4, -0.2) is 81.0 Å². The average molecular weight is 558 g/mol. The van der Waals surface area contributed by atoms with Crippen LogP contribution in [0.1, 0.15) is 24.8 Å². The third-order valence-electron chi connectivity index (χ3n) is 7.47. The number of hydrogen-bond donors (Lipinski definition) is 4. The standard InChI is InChI=1S/C26H31N13O2/c27-8-5-21(40)38-11-13-39(14-12-38)26-32-20-15-30-36-25(41)22(20)24(33-26)31-19-3-1-17(2-4-19)16-37-9-6-18(7-10-37)23(34-28)35-29/h1-4,15,18,28H,5-7,9-14,16,29H2,(H,36,41)(H,31,32,33)/b34-28?,35-23-. The Balaban J connectivity index is 1.28. The summed E-state index contributed by atoms with van der Waals surface area (Å²) in [6, 6.07) is 9.87. The Kier molecular flexibility index (Phi) is 8.39. The van der Waals surface area contributed by atoms with Gasteiger partial charge in [0.05, 0.1) is 12.3 Å². The number of H-pyrrole nitrogens is 1. The molecule has 2 aliphatic heterocycles. The van der Waals surface area contributed by atoms with Crippen molar-refractivity contribution in [1.82, 2.24) is 30.0 Å². The number of hydrazone groups is 1. The smallest absolute Gasteiger partial charge is 0.277 e. The summed E-state index contributed by atoms with van der Waals surface area (Å²) < 4.78 is 0. The summed E-state index contributed by atoms with van der Waals surface area (Å²) in [6.07, 6.45) is 3.07. The second kappa shape index (κ2) is 12.5. The molecule has 0 bridgehead atoms. The van der Waals surface area contributed by atoms with Gasteiger partial charge in [0.15, 0.2) is 5.84 Å². The van der Waals surface area contributed by atoms with Gasteiger partial charge >= 0.3 is 0 Å². The highest BCUT2D eigenvalue weighted by molar-refractivity contribution is 5.90. The summed E-state index contributed by atoms with van der Waals surface area (Å²) in [6.45, 7) is 4.44. The highest BCUT2D eigenvalue weighted by Gasteiger charge is 2.25. The molecule has 5 rings (SSSR count). The topological polar surface area (TPSA) is 209 Å². The molecule has 15 nitrogen and oxygen atoms in total. The lowest BCUT2D eigenvalue weighted by Gasteiger charge is -2.34. The maximum Gasteiger partial charge on any atom is 0.277 e. The zero-order valence-corrected chi connectivity index (χ0v) is 22.5. The van der Waals surface area contributed by atoms with Crippen LogP contribution < -0.4 is 21.6 Å². The number of carbonyl (C=O) groups is 1. The van der Waals surface area contributed by atoms with E-state index in [1.165, 1.54) is 6.20 Å². The van der Waals surface area contributed by atoms with Crippen molar-refractivity contribution in [3.8, 4) is 6.07 Å². The molecule has 2 saturated heterocycles. The lowest BCUT2D eigenvalue weighted by Crippen LogP contribution is -2.49. The third-order valence-corrected chi connectivity index (χ3v) is 7.47. The summed E-state index contributed by atoms with van der Waals surface area (Å²) in [4.78, 5) is 40.0. The Morgan fingerprint density at radius 3 is 2.54 bits per heavy atom. The van der Waals surface area contributed by atoms with Crippen molar-refractivity contribution in [3.05, 3.63) is 46.4 Å². The van der Waals surface area contributed by atoms with Gasteiger partial charge in [-0.05, 0) is 43.6 Å². The van der Waals surface area contributed by atoms with E-state index in [4.69, 9.17) is 21.6 Å². The van der Waals surface area contributed by atoms with Crippen LogP contribution in [0.2, 0.25) is 0 Å². The SMILES string of the molecule is N#CCC(=O)N1CCN(c2nc(Nc3ccc(CN4CCC(/C(N=N)=N/N)CC4)cc3)c3c(=O)[nH]ncc3n2)CC1. The Labute approximate surface area is 235 Å². The molecule has 0 saturated carbocycles. The van der Waals surface area contributed by atoms with Gasteiger partial charge in [0.2, 0.25) is 11.9 Å². The van der Waals surface area contributed by atoms with Crippen LogP contribution in [0.15, 0.2) is 45.5 Å². The fraction of sp³-hybridized carbons (Fsp3) is 0.423. The lowest BCUT2D eigenvalue weighted by atomic mass is 9.95. The van der Waals surface area contributed by atoms with Crippen molar-refractivity contribution in [2.75, 3.05) is 49.5 Å². The summed E-state index contributed by atoms with van der Waals surface area (Å²) in [5, 5.41) is 25.8. The van der Waals surface area contributed by atoms with Crippen molar-refractivity contribution in [2.45, 2.75) is 25.8 Å². The highest BCUT2D eigenvalue weighted by atomic mass is 16.2. The molecule has 0 spiro atoms. The van der Waals surface area contributed by atoms with Gasteiger partial charge in [-0.25, -0.2) is 15.6 Å². The molecule has 4 heterocycles. The number of fused-ring (bicyclic) bond motifs is 1. The molecule has 0 atom stereocenters. The van der Waals surface area contributed by atoms with Crippen LogP contribution in [0.5, 0.6) is 0 Å². The number of nitrogens with two attached hydrogens (primary N) is 1. The first-order valence-electron chi connectivity index (χ1n) is 13.4. The Morgan fingerprint density at radius 1 is 1.15 bits per heavy atom. The first kappa shape index (κ1) is 27.6. The number of benzene rings is 1. The first-order chi connectivity index (χ1) is 20.0. The van der Waals surface area contributed by atoms with Gasteiger partial charge in [-0.3, -0.25) is 14.5 Å². The Hall–Kier alpha value is -4.97. The van der Waals surface area contributed by atoms with Crippen LogP contribution in [-0.2, 0) is 11.3 Å². The van der Waals surface area contributed by atoms with Gasteiger partial charge in [-0.2, -0.15) is 20.4 Å². The number of rotatable bonds is 7. The van der Waals surface area contributed by atoms with Gasteiger partial charge in [-0.1, -0.05) is 12.1 Å². The molecule has 0 radical (unpaired) electrons. The predicted molar refractivity (Wildman–Crippen MR) is 151 cm³/mol. The van der Waals surface area contributed by atoms with Crippen molar-refractivity contribution < 1.29 is 4.79 Å². The number of amidine groups is 1. The number of anilines is 3. The van der Waals surface area contributed by atoms with E-state index in [0.29, 0.717) is 54.7 Å². The summed E-state index contributed by atoms with van der Waals surface area (Å²) in [5.74, 6) is 6.49. The number of aromatic amines is 1. The molecule has 3 aromatic rings. The number of amides is 1. The lowest BCUT2D eigenvalue weighted by molar-refractivity contribution is -0.130. The van der Waals surface area contributed by atoms with Crippen molar-refractivity contribution in [1.29, 1.82) is 10.8 Å². The highest BCUT2D eigenvalue weighted by Crippen LogP contribution is 2.26. The van der Waals surface area contributed by atoms with E-state index < -0.39 is 5.56 Å². The van der Waals surface area contributed by atoms with Crippen LogP contribution >= 0.6 is 0 Å². The van der Waals surface area contributed by atoms with E-state index in [1.54, 1.807) is 4.90 Å². The molecule has 1 aromatic carbocycles. The summed E-state index contributed by atoms with van der Waals surface area (Å²) in [7, 11) is 0. The molecule has 2 fully saturated rings. The van der Waals surface area contributed by atoms with Crippen molar-refractivity contribution >= 4 is 40.1 Å². The largest absolute Gasteiger partial charge is 0.339 e. The van der Waals surface area contributed by atoms with Crippen molar-refractivity contribution in [2.24, 2.45) is 22.0 Å². The van der Waals surface area contributed by atoms with Gasteiger partial charge in [0, 0.05) is 44.3 Å². The first-order valence-corrected chi connectivity index (χ1v) is 13.4. The number of hydrogen-bond acceptors (Lipinski definition) is 12. The number of nitrogens with one attached hydrogen (secondary N) is 3. The molecule has 5 N–H and O–H groups in total. The number of likely N-dealkylation sites (tertiary alicyclic amines) is 1. The van der Waals surface area contributed by atoms with Crippen LogP contribution in [0.3, 0.4) is 0 Å². The molecule has 2 aliphatic rings. The quantitative estimate of drug-likeness (QED) is 0.108. The second-order valence-corrected chi connectivity index (χ2v) is 10.0. The van der Waals surface area contributed by atoms with Crippen LogP contribution in [0.25, 0.3) is 10.9 Å². The number of piperidine rings is 1. The molecule has 15 heteroatoms. The number of nitrogens with zero attached hydrogens (tertiary/aromatic N) is 9. The van der Waals surface area contributed by atoms with Gasteiger partial charge in [-0.15, -0.1) is 5.11 Å². The van der Waals surface area contributed by atoms with E-state index in [-0.39, 0.29) is 18.2 Å². The predicted octanol–water partition coefficient (Wildman–Crippen LogP) is 1.53. The van der Waals surface area contributed by atoms with Gasteiger partial charge < -0.3 is 21.0 Å². The number of carbonyl (C=O) groups excluding carboxylic acids is 1. The van der Waals surface area contributed by atoms with E-state index >= 15 is 0 Å². The monoisotopic (exact) mass is 557 g/mol. The van der Waals surface area contributed by atoms with E-state index in [9.17, 15) is 9.59 Å². The number of piperazine rings is 1. The normalized spacial score (nSPS) is 16.9. The molecular formula is C26H31N13O2. The zero-order valence-electron chi connectivity index (χ0n) is 22.5. The second-order valence-electron chi connectivity index (χ2n) is 10.0. The van der Waals surface area contributed by atoms with Gasteiger partial charge in [0.1, 0.15) is 23.1 Å². The van der Waals surface area contributed by atoms with Crippen molar-refractivity contribution in [3.63, 3.8) is 0 Å². The minimum atomic E-state index is -0.399. The van der Waals surface area contributed by atoms with Crippen LogP contribution in [0, 0.1) is 22.8 Å². The van der Waals surface area contributed by atoms with Gasteiger partial charge in [0.25, 0.3) is 5.56 Å². The Morgan fingerprint density at radius 2 is 1.88 bits per heavy atom. The molecule has 0 unspecified atom stereocenters. The molecule has 1 amide bonds. The van der Waals surface area contributed by atoms with E-state index in [0.717, 1.165) is 43.7 Å². The van der Waals surface area contributed by atoms with E-state index in [2.05, 4.69) is 35.6 Å². The van der Waals surface area contributed by atoms with Crippen LogP contribution in [0.4, 0.5) is 17.5 Å². The maximum atomic E-state index is 12.7. The fourth-order valence-electron chi connectivity index (χ4n) is 5.22. The minimum Gasteiger partial charge on any atom is -0.339 e. The molecule has 0 aliphatic carbocycles. The molecule has 212 valence electrons. The summed E-state index contributed by atoms with van der Waals surface area (Å²) in [5.41, 5.74) is 9.14. The average Bonchev–Trinajstić information content (AvgIpc) is 3.00. The number of nitriles is 1. The minimum absolute atomic E-state index is 0.126. The molecule has 41 heavy (non-hydrogen) atoms. The third kappa shape index (κ3) is 6.28.